The van der Waals surface area contributed by atoms with Crippen molar-refractivity contribution in [1.82, 2.24) is 4.90 Å². The van der Waals surface area contributed by atoms with Gasteiger partial charge in [0.05, 0.1) is 5.56 Å². The number of nitrogens with zero attached hydrogens (tertiary/aromatic N) is 1. The Morgan fingerprint density at radius 3 is 2.53 bits per heavy atom. The Morgan fingerprint density at radius 1 is 1.29 bits per heavy atom. The zero-order valence-corrected chi connectivity index (χ0v) is 10.6. The van der Waals surface area contributed by atoms with E-state index in [4.69, 9.17) is 11.5 Å². The monoisotopic (exact) mass is 235 g/mol. The summed E-state index contributed by atoms with van der Waals surface area (Å²) in [5, 5.41) is 0. The van der Waals surface area contributed by atoms with E-state index in [-0.39, 0.29) is 5.91 Å². The molecule has 0 aliphatic rings. The third-order valence-corrected chi connectivity index (χ3v) is 2.76. The van der Waals surface area contributed by atoms with Gasteiger partial charge in [-0.2, -0.15) is 0 Å². The van der Waals surface area contributed by atoms with Gasteiger partial charge in [0.2, 0.25) is 0 Å². The van der Waals surface area contributed by atoms with Crippen LogP contribution >= 0.6 is 0 Å². The van der Waals surface area contributed by atoms with Crippen LogP contribution in [0.5, 0.6) is 0 Å². The van der Waals surface area contributed by atoms with Crippen LogP contribution in [0.2, 0.25) is 0 Å². The molecule has 0 saturated carbocycles. The van der Waals surface area contributed by atoms with Gasteiger partial charge in [0, 0.05) is 24.5 Å². The molecule has 0 bridgehead atoms. The number of unbranched alkanes of at least 4 members (excludes halogenated alkanes) is 1. The van der Waals surface area contributed by atoms with Crippen LogP contribution in [0.25, 0.3) is 0 Å². The van der Waals surface area contributed by atoms with Crippen LogP contribution in [0.1, 0.15) is 37.0 Å². The largest absolute Gasteiger partial charge is 0.399 e. The van der Waals surface area contributed by atoms with Crippen LogP contribution in [-0.2, 0) is 0 Å². The van der Waals surface area contributed by atoms with Crippen molar-refractivity contribution < 1.29 is 4.79 Å². The van der Waals surface area contributed by atoms with E-state index in [2.05, 4.69) is 6.92 Å². The number of carbonyl (C=O) groups excluding carboxylic acids is 1. The lowest BCUT2D eigenvalue weighted by atomic mass is 10.1. The molecule has 4 heteroatoms. The lowest BCUT2D eigenvalue weighted by molar-refractivity contribution is 0.0763. The van der Waals surface area contributed by atoms with Crippen molar-refractivity contribution >= 4 is 17.3 Å². The maximum atomic E-state index is 12.2. The number of nitrogen functional groups attached to an aromatic ring is 2. The molecule has 1 amide bonds. The van der Waals surface area contributed by atoms with Crippen molar-refractivity contribution in [3.05, 3.63) is 23.8 Å². The Hall–Kier alpha value is -1.71. The number of hydrogen-bond donors (Lipinski definition) is 2. The second kappa shape index (κ2) is 6.13. The van der Waals surface area contributed by atoms with Gasteiger partial charge in [0.1, 0.15) is 0 Å². The molecular weight excluding hydrogens is 214 g/mol. The highest BCUT2D eigenvalue weighted by Gasteiger charge is 2.16. The lowest BCUT2D eigenvalue weighted by Gasteiger charge is -2.21. The standard InChI is InChI=1S/C13H21N3O/c1-3-5-8-16(4-2)13(17)11-7-6-10(14)9-12(11)15/h6-7,9H,3-5,8,14-15H2,1-2H3. The van der Waals surface area contributed by atoms with Crippen LogP contribution in [0.4, 0.5) is 11.4 Å². The molecule has 0 aliphatic heterocycles. The molecule has 4 N–H and O–H groups in total. The predicted octanol–water partition coefficient (Wildman–Crippen LogP) is 2.11. The molecule has 0 aliphatic carbocycles. The minimum absolute atomic E-state index is 0.0153. The summed E-state index contributed by atoms with van der Waals surface area (Å²) in [6.45, 7) is 5.55. The number of benzene rings is 1. The smallest absolute Gasteiger partial charge is 0.255 e. The van der Waals surface area contributed by atoms with Crippen LogP contribution in [0.15, 0.2) is 18.2 Å². The van der Waals surface area contributed by atoms with E-state index in [9.17, 15) is 4.79 Å². The molecule has 1 rings (SSSR count). The Morgan fingerprint density at radius 2 is 2.00 bits per heavy atom. The minimum atomic E-state index is -0.0153. The van der Waals surface area contributed by atoms with Crippen molar-refractivity contribution in [3.8, 4) is 0 Å². The summed E-state index contributed by atoms with van der Waals surface area (Å²) in [5.74, 6) is -0.0153. The molecule has 94 valence electrons. The minimum Gasteiger partial charge on any atom is -0.399 e. The van der Waals surface area contributed by atoms with Crippen molar-refractivity contribution in [2.45, 2.75) is 26.7 Å². The Bertz CT molecular complexity index is 390. The van der Waals surface area contributed by atoms with E-state index < -0.39 is 0 Å². The van der Waals surface area contributed by atoms with Gasteiger partial charge in [-0.15, -0.1) is 0 Å². The van der Waals surface area contributed by atoms with Gasteiger partial charge >= 0.3 is 0 Å². The highest BCUT2D eigenvalue weighted by molar-refractivity contribution is 5.99. The number of carbonyl (C=O) groups is 1. The van der Waals surface area contributed by atoms with E-state index in [1.807, 2.05) is 11.8 Å². The molecule has 0 aromatic heterocycles. The molecule has 1 aromatic rings. The Labute approximate surface area is 103 Å². The molecule has 0 saturated heterocycles. The topological polar surface area (TPSA) is 72.3 Å². The molecule has 0 atom stereocenters. The number of nitrogens with two attached hydrogens (primary N) is 2. The summed E-state index contributed by atoms with van der Waals surface area (Å²) in [5.41, 5.74) is 13.0. The average Bonchev–Trinajstić information content (AvgIpc) is 2.29. The van der Waals surface area contributed by atoms with Crippen LogP contribution in [0.3, 0.4) is 0 Å². The number of hydrogen-bond acceptors (Lipinski definition) is 3. The zero-order valence-electron chi connectivity index (χ0n) is 10.6. The first-order valence-corrected chi connectivity index (χ1v) is 6.04. The average molecular weight is 235 g/mol. The molecule has 4 nitrogen and oxygen atoms in total. The highest BCUT2D eigenvalue weighted by Crippen LogP contribution is 2.17. The molecule has 0 heterocycles. The first-order valence-electron chi connectivity index (χ1n) is 6.04. The van der Waals surface area contributed by atoms with Crippen LogP contribution in [-0.4, -0.2) is 23.9 Å². The number of anilines is 2. The summed E-state index contributed by atoms with van der Waals surface area (Å²) in [6, 6.07) is 5.03. The Kier molecular flexibility index (Phi) is 4.82. The highest BCUT2D eigenvalue weighted by atomic mass is 16.2. The van der Waals surface area contributed by atoms with Gasteiger partial charge in [-0.1, -0.05) is 13.3 Å². The van der Waals surface area contributed by atoms with E-state index in [0.717, 1.165) is 19.4 Å². The maximum Gasteiger partial charge on any atom is 0.255 e. The Balaban J connectivity index is 2.86. The SMILES string of the molecule is CCCCN(CC)C(=O)c1ccc(N)cc1N. The molecule has 0 unspecified atom stereocenters. The summed E-state index contributed by atoms with van der Waals surface area (Å²) < 4.78 is 0. The third-order valence-electron chi connectivity index (χ3n) is 2.76. The van der Waals surface area contributed by atoms with Gasteiger partial charge in [-0.3, -0.25) is 4.79 Å². The van der Waals surface area contributed by atoms with Gasteiger partial charge in [0.15, 0.2) is 0 Å². The zero-order chi connectivity index (χ0) is 12.8. The first-order chi connectivity index (χ1) is 8.10. The molecule has 1 aromatic carbocycles. The fraction of sp³-hybridized carbons (Fsp3) is 0.462. The van der Waals surface area contributed by atoms with E-state index in [1.54, 1.807) is 18.2 Å². The van der Waals surface area contributed by atoms with Gasteiger partial charge < -0.3 is 16.4 Å². The van der Waals surface area contributed by atoms with E-state index in [0.29, 0.717) is 23.5 Å². The van der Waals surface area contributed by atoms with Crippen molar-refractivity contribution in [2.75, 3.05) is 24.6 Å². The second-order valence-corrected chi connectivity index (χ2v) is 4.09. The maximum absolute atomic E-state index is 12.2. The van der Waals surface area contributed by atoms with Crippen LogP contribution in [0, 0.1) is 0 Å². The second-order valence-electron chi connectivity index (χ2n) is 4.09. The molecule has 0 spiro atoms. The molecular formula is C13H21N3O. The molecule has 0 fully saturated rings. The van der Waals surface area contributed by atoms with Gasteiger partial charge in [-0.25, -0.2) is 0 Å². The lowest BCUT2D eigenvalue weighted by Crippen LogP contribution is -2.32. The normalized spacial score (nSPS) is 10.2. The number of rotatable bonds is 5. The van der Waals surface area contributed by atoms with Crippen LogP contribution < -0.4 is 11.5 Å². The fourth-order valence-corrected chi connectivity index (χ4v) is 1.70. The fourth-order valence-electron chi connectivity index (χ4n) is 1.70. The summed E-state index contributed by atoms with van der Waals surface area (Å²) in [6.07, 6.45) is 2.08. The van der Waals surface area contributed by atoms with Crippen molar-refractivity contribution in [1.29, 1.82) is 0 Å². The van der Waals surface area contributed by atoms with Gasteiger partial charge in [-0.05, 0) is 31.5 Å². The summed E-state index contributed by atoms with van der Waals surface area (Å²) in [7, 11) is 0. The van der Waals surface area contributed by atoms with E-state index >= 15 is 0 Å². The van der Waals surface area contributed by atoms with Gasteiger partial charge in [0.25, 0.3) is 5.91 Å². The quantitative estimate of drug-likeness (QED) is 0.768. The number of amides is 1. The van der Waals surface area contributed by atoms with Crippen molar-refractivity contribution in [3.63, 3.8) is 0 Å². The third kappa shape index (κ3) is 3.37. The molecule has 17 heavy (non-hydrogen) atoms. The summed E-state index contributed by atoms with van der Waals surface area (Å²) in [4.78, 5) is 14.0. The summed E-state index contributed by atoms with van der Waals surface area (Å²) >= 11 is 0. The van der Waals surface area contributed by atoms with Crippen molar-refractivity contribution in [2.24, 2.45) is 0 Å². The van der Waals surface area contributed by atoms with E-state index in [1.165, 1.54) is 0 Å². The molecule has 0 radical (unpaired) electrons. The first kappa shape index (κ1) is 13.4. The predicted molar refractivity (Wildman–Crippen MR) is 71.8 cm³/mol.